The van der Waals surface area contributed by atoms with Gasteiger partial charge in [0.25, 0.3) is 0 Å². The Morgan fingerprint density at radius 2 is 1.50 bits per heavy atom. The highest BCUT2D eigenvalue weighted by Crippen LogP contribution is 2.15. The van der Waals surface area contributed by atoms with E-state index in [9.17, 15) is 0 Å². The highest BCUT2D eigenvalue weighted by atomic mass is 127. The van der Waals surface area contributed by atoms with Crippen LogP contribution in [0.4, 0.5) is 0 Å². The van der Waals surface area contributed by atoms with Crippen molar-refractivity contribution in [3.63, 3.8) is 0 Å². The summed E-state index contributed by atoms with van der Waals surface area (Å²) in [7, 11) is 7.96. The summed E-state index contributed by atoms with van der Waals surface area (Å²) in [6, 6.07) is 6.24. The fourth-order valence-electron chi connectivity index (χ4n) is 2.01. The predicted octanol–water partition coefficient (Wildman–Crippen LogP) is 2.78. The molecule has 0 aliphatic carbocycles. The van der Waals surface area contributed by atoms with E-state index >= 15 is 0 Å². The van der Waals surface area contributed by atoms with Crippen LogP contribution in [0.3, 0.4) is 0 Å². The Morgan fingerprint density at radius 1 is 1.00 bits per heavy atom. The Labute approximate surface area is 139 Å². The molecule has 20 heavy (non-hydrogen) atoms. The first kappa shape index (κ1) is 19.0. The standard InChI is InChI=1S/C15H25N3O.HI/c1-12-9-13(2)11-14(10-12)19-8-7-16-15(17(3)4)18(5)6;/h9-11H,7-8H2,1-6H3;1H. The molecule has 0 aliphatic rings. The zero-order valence-electron chi connectivity index (χ0n) is 13.3. The van der Waals surface area contributed by atoms with Crippen LogP contribution in [0, 0.1) is 13.8 Å². The lowest BCUT2D eigenvalue weighted by molar-refractivity contribution is 0.326. The molecule has 0 aromatic heterocycles. The van der Waals surface area contributed by atoms with E-state index in [0.717, 1.165) is 11.7 Å². The van der Waals surface area contributed by atoms with Gasteiger partial charge in [-0.25, -0.2) is 4.99 Å². The fourth-order valence-corrected chi connectivity index (χ4v) is 2.01. The topological polar surface area (TPSA) is 28.1 Å². The average molecular weight is 391 g/mol. The zero-order valence-corrected chi connectivity index (χ0v) is 15.6. The molecule has 0 bridgehead atoms. The Balaban J connectivity index is 0.00000361. The van der Waals surface area contributed by atoms with Gasteiger partial charge in [-0.05, 0) is 37.1 Å². The average Bonchev–Trinajstić information content (AvgIpc) is 2.26. The Morgan fingerprint density at radius 3 is 1.95 bits per heavy atom. The van der Waals surface area contributed by atoms with Gasteiger partial charge in [-0.3, -0.25) is 0 Å². The fraction of sp³-hybridized carbons (Fsp3) is 0.533. The molecular formula is C15H26IN3O. The van der Waals surface area contributed by atoms with Crippen LogP contribution in [0.1, 0.15) is 11.1 Å². The first-order chi connectivity index (χ1) is 8.90. The van der Waals surface area contributed by atoms with Crippen LogP contribution in [0.2, 0.25) is 0 Å². The van der Waals surface area contributed by atoms with Crippen LogP contribution < -0.4 is 4.74 Å². The number of rotatable bonds is 4. The van der Waals surface area contributed by atoms with Gasteiger partial charge in [0.2, 0.25) is 0 Å². The lowest BCUT2D eigenvalue weighted by Crippen LogP contribution is -2.35. The molecule has 0 saturated heterocycles. The molecule has 1 rings (SSSR count). The molecule has 0 N–H and O–H groups in total. The largest absolute Gasteiger partial charge is 0.492 e. The van der Waals surface area contributed by atoms with Crippen molar-refractivity contribution in [1.82, 2.24) is 9.80 Å². The molecule has 4 nitrogen and oxygen atoms in total. The SMILES string of the molecule is Cc1cc(C)cc(OCCN=C(N(C)C)N(C)C)c1.I. The third kappa shape index (κ3) is 6.45. The van der Waals surface area contributed by atoms with E-state index in [1.54, 1.807) is 0 Å². The maximum atomic E-state index is 5.73. The molecule has 1 aromatic rings. The van der Waals surface area contributed by atoms with E-state index < -0.39 is 0 Å². The van der Waals surface area contributed by atoms with E-state index in [1.807, 2.05) is 38.0 Å². The number of aliphatic imine (C=N–C) groups is 1. The summed E-state index contributed by atoms with van der Waals surface area (Å²) in [5, 5.41) is 0. The number of aryl methyl sites for hydroxylation is 2. The lowest BCUT2D eigenvalue weighted by Gasteiger charge is -2.22. The van der Waals surface area contributed by atoms with Gasteiger partial charge >= 0.3 is 0 Å². The van der Waals surface area contributed by atoms with Crippen LogP contribution in [0.15, 0.2) is 23.2 Å². The highest BCUT2D eigenvalue weighted by Gasteiger charge is 2.03. The monoisotopic (exact) mass is 391 g/mol. The van der Waals surface area contributed by atoms with E-state index in [2.05, 4.69) is 37.0 Å². The van der Waals surface area contributed by atoms with Crippen molar-refractivity contribution in [2.75, 3.05) is 41.3 Å². The molecule has 5 heteroatoms. The van der Waals surface area contributed by atoms with Crippen LogP contribution in [0.25, 0.3) is 0 Å². The highest BCUT2D eigenvalue weighted by molar-refractivity contribution is 14.0. The minimum absolute atomic E-state index is 0. The molecule has 0 saturated carbocycles. The summed E-state index contributed by atoms with van der Waals surface area (Å²) in [5.41, 5.74) is 2.45. The molecule has 0 amide bonds. The van der Waals surface area contributed by atoms with Gasteiger partial charge in [0.15, 0.2) is 5.96 Å². The normalized spacial score (nSPS) is 9.50. The summed E-state index contributed by atoms with van der Waals surface area (Å²) >= 11 is 0. The van der Waals surface area contributed by atoms with Gasteiger partial charge in [-0.1, -0.05) is 6.07 Å². The van der Waals surface area contributed by atoms with E-state index in [1.165, 1.54) is 11.1 Å². The van der Waals surface area contributed by atoms with Gasteiger partial charge in [-0.15, -0.1) is 24.0 Å². The summed E-state index contributed by atoms with van der Waals surface area (Å²) in [6.45, 7) is 5.40. The summed E-state index contributed by atoms with van der Waals surface area (Å²) in [4.78, 5) is 8.52. The number of halogens is 1. The van der Waals surface area contributed by atoms with Gasteiger partial charge in [0.1, 0.15) is 12.4 Å². The maximum absolute atomic E-state index is 5.73. The molecule has 1 aromatic carbocycles. The first-order valence-corrected chi connectivity index (χ1v) is 6.50. The van der Waals surface area contributed by atoms with Crippen LogP contribution in [-0.2, 0) is 0 Å². The summed E-state index contributed by atoms with van der Waals surface area (Å²) in [6.07, 6.45) is 0. The van der Waals surface area contributed by atoms with Gasteiger partial charge < -0.3 is 14.5 Å². The van der Waals surface area contributed by atoms with Crippen molar-refractivity contribution < 1.29 is 4.74 Å². The van der Waals surface area contributed by atoms with Gasteiger partial charge in [0.05, 0.1) is 6.54 Å². The van der Waals surface area contributed by atoms with E-state index in [-0.39, 0.29) is 24.0 Å². The second-order valence-electron chi connectivity index (χ2n) is 5.14. The van der Waals surface area contributed by atoms with Gasteiger partial charge in [-0.2, -0.15) is 0 Å². The quantitative estimate of drug-likeness (QED) is 0.342. The van der Waals surface area contributed by atoms with Crippen molar-refractivity contribution in [1.29, 1.82) is 0 Å². The van der Waals surface area contributed by atoms with Crippen LogP contribution in [-0.4, -0.2) is 57.1 Å². The first-order valence-electron chi connectivity index (χ1n) is 6.50. The van der Waals surface area contributed by atoms with Crippen molar-refractivity contribution in [2.45, 2.75) is 13.8 Å². The molecule has 114 valence electrons. The number of benzene rings is 1. The van der Waals surface area contributed by atoms with E-state index in [0.29, 0.717) is 13.2 Å². The third-order valence-electron chi connectivity index (χ3n) is 2.61. The molecule has 0 radical (unpaired) electrons. The summed E-state index contributed by atoms with van der Waals surface area (Å²) < 4.78 is 5.73. The van der Waals surface area contributed by atoms with Crippen molar-refractivity contribution in [2.24, 2.45) is 4.99 Å². The summed E-state index contributed by atoms with van der Waals surface area (Å²) in [5.74, 6) is 1.87. The minimum atomic E-state index is 0. The molecule has 0 unspecified atom stereocenters. The smallest absolute Gasteiger partial charge is 0.195 e. The second-order valence-corrected chi connectivity index (χ2v) is 5.14. The Bertz CT molecular complexity index is 414. The number of hydrogen-bond donors (Lipinski definition) is 0. The molecular weight excluding hydrogens is 365 g/mol. The molecule has 0 atom stereocenters. The third-order valence-corrected chi connectivity index (χ3v) is 2.61. The predicted molar refractivity (Wildman–Crippen MR) is 96.5 cm³/mol. The maximum Gasteiger partial charge on any atom is 0.195 e. The number of ether oxygens (including phenoxy) is 1. The molecule has 0 spiro atoms. The number of guanidine groups is 1. The lowest BCUT2D eigenvalue weighted by atomic mass is 10.1. The minimum Gasteiger partial charge on any atom is -0.492 e. The van der Waals surface area contributed by atoms with Crippen molar-refractivity contribution in [3.05, 3.63) is 29.3 Å². The van der Waals surface area contributed by atoms with Gasteiger partial charge in [0, 0.05) is 28.2 Å². The zero-order chi connectivity index (χ0) is 14.4. The second kappa shape index (κ2) is 9.05. The van der Waals surface area contributed by atoms with Crippen LogP contribution in [0.5, 0.6) is 5.75 Å². The Kier molecular flexibility index (Phi) is 8.60. The number of hydrogen-bond acceptors (Lipinski definition) is 2. The Hall–Kier alpha value is -0.980. The van der Waals surface area contributed by atoms with Crippen molar-refractivity contribution in [3.8, 4) is 5.75 Å². The van der Waals surface area contributed by atoms with E-state index in [4.69, 9.17) is 4.74 Å². The molecule has 0 aliphatic heterocycles. The molecule has 0 heterocycles. The number of nitrogens with zero attached hydrogens (tertiary/aromatic N) is 3. The van der Waals surface area contributed by atoms with Crippen LogP contribution >= 0.6 is 24.0 Å². The van der Waals surface area contributed by atoms with Crippen molar-refractivity contribution >= 4 is 29.9 Å². The molecule has 0 fully saturated rings.